The Balaban J connectivity index is 2.51. The molecule has 0 saturated carbocycles. The Kier molecular flexibility index (Phi) is 8.44. The summed E-state index contributed by atoms with van der Waals surface area (Å²) in [7, 11) is 1.19. The van der Waals surface area contributed by atoms with Gasteiger partial charge in [0.25, 0.3) is 0 Å². The SMILES string of the molecule is C/C(=C\I)[C@H]1CC(=O)[C@@H](C)[C@@H](CCOBPS)O1. The first-order chi connectivity index (χ1) is 8.60. The van der Waals surface area contributed by atoms with E-state index in [-0.39, 0.29) is 18.1 Å². The van der Waals surface area contributed by atoms with E-state index in [2.05, 4.69) is 34.8 Å². The van der Waals surface area contributed by atoms with Gasteiger partial charge in [-0.1, -0.05) is 37.2 Å². The number of hydrogen-bond donors (Lipinski definition) is 1. The predicted octanol–water partition coefficient (Wildman–Crippen LogP) is 2.88. The number of carbonyl (C=O) groups excluding carboxylic acids is 1. The second-order valence-electron chi connectivity index (χ2n) is 4.47. The van der Waals surface area contributed by atoms with Crippen molar-refractivity contribution in [1.82, 2.24) is 0 Å². The third kappa shape index (κ3) is 5.12. The van der Waals surface area contributed by atoms with Crippen LogP contribution in [0.2, 0.25) is 0 Å². The quantitative estimate of drug-likeness (QED) is 0.245. The van der Waals surface area contributed by atoms with Gasteiger partial charge in [0, 0.05) is 18.9 Å². The van der Waals surface area contributed by atoms with Crippen LogP contribution in [-0.2, 0) is 14.2 Å². The molecule has 0 aliphatic carbocycles. The maximum absolute atomic E-state index is 12.0. The predicted molar refractivity (Wildman–Crippen MR) is 90.2 cm³/mol. The molecule has 1 unspecified atom stereocenters. The van der Waals surface area contributed by atoms with E-state index in [1.807, 2.05) is 17.9 Å². The van der Waals surface area contributed by atoms with E-state index < -0.39 is 0 Å². The summed E-state index contributed by atoms with van der Waals surface area (Å²) in [6.45, 7) is 4.60. The average molecular weight is 400 g/mol. The van der Waals surface area contributed by atoms with Gasteiger partial charge >= 0.3 is 7.20 Å². The largest absolute Gasteiger partial charge is 0.434 e. The molecule has 1 heterocycles. The summed E-state index contributed by atoms with van der Waals surface area (Å²) in [5.74, 6) is 0.273. The summed E-state index contributed by atoms with van der Waals surface area (Å²) in [5, 5.41) is 0. The lowest BCUT2D eigenvalue weighted by Gasteiger charge is -2.34. The van der Waals surface area contributed by atoms with Crippen LogP contribution in [0.15, 0.2) is 9.66 Å². The minimum Gasteiger partial charge on any atom is -0.434 e. The second-order valence-corrected chi connectivity index (χ2v) is 6.65. The molecule has 0 bridgehead atoms. The van der Waals surface area contributed by atoms with Crippen LogP contribution in [-0.4, -0.2) is 31.8 Å². The summed E-state index contributed by atoms with van der Waals surface area (Å²) in [5.41, 5.74) is 1.12. The summed E-state index contributed by atoms with van der Waals surface area (Å²) in [4.78, 5) is 12.0. The standard InChI is InChI=1S/C11H19BIO3PS/c1-7(6-13)11-5-9(14)8(2)10(16-11)3-4-15-12-17-18/h6,8,10-12,17-18H,3-5H2,1-2H3/b7-6+/t8-,10-,11-/m1/s1. The Labute approximate surface area is 130 Å². The Morgan fingerprint density at radius 3 is 3.11 bits per heavy atom. The zero-order valence-electron chi connectivity index (χ0n) is 10.7. The Hall–Kier alpha value is 0.905. The number of ketones is 1. The number of carbonyl (C=O) groups is 1. The third-order valence-corrected chi connectivity index (χ3v) is 4.89. The van der Waals surface area contributed by atoms with Crippen LogP contribution in [0.1, 0.15) is 26.7 Å². The fourth-order valence-electron chi connectivity index (χ4n) is 1.93. The minimum atomic E-state index is -0.0534. The first-order valence-electron chi connectivity index (χ1n) is 6.00. The molecule has 1 aliphatic heterocycles. The van der Waals surface area contributed by atoms with E-state index in [4.69, 9.17) is 9.39 Å². The van der Waals surface area contributed by atoms with Gasteiger partial charge in [-0.25, -0.2) is 0 Å². The molecule has 3 nitrogen and oxygen atoms in total. The molecule has 0 aromatic heterocycles. The monoisotopic (exact) mass is 400 g/mol. The van der Waals surface area contributed by atoms with Gasteiger partial charge in [-0.3, -0.25) is 4.79 Å². The van der Waals surface area contributed by atoms with Crippen LogP contribution >= 0.6 is 42.5 Å². The van der Waals surface area contributed by atoms with E-state index in [1.165, 1.54) is 0 Å². The zero-order valence-corrected chi connectivity index (χ0v) is 14.7. The van der Waals surface area contributed by atoms with Crippen molar-refractivity contribution in [2.24, 2.45) is 5.92 Å². The fraction of sp³-hybridized carbons (Fsp3) is 0.727. The molecule has 0 N–H and O–H groups in total. The van der Waals surface area contributed by atoms with Crippen molar-refractivity contribution in [1.29, 1.82) is 0 Å². The number of rotatable bonds is 6. The van der Waals surface area contributed by atoms with Gasteiger partial charge in [0.15, 0.2) is 0 Å². The molecule has 7 heteroatoms. The van der Waals surface area contributed by atoms with Crippen molar-refractivity contribution in [3.8, 4) is 0 Å². The van der Waals surface area contributed by atoms with Crippen LogP contribution in [0.5, 0.6) is 0 Å². The van der Waals surface area contributed by atoms with E-state index in [1.54, 1.807) is 0 Å². The molecule has 18 heavy (non-hydrogen) atoms. The first kappa shape index (κ1) is 17.0. The highest BCUT2D eigenvalue weighted by Gasteiger charge is 2.34. The van der Waals surface area contributed by atoms with E-state index in [9.17, 15) is 4.79 Å². The summed E-state index contributed by atoms with van der Waals surface area (Å²) in [6.07, 6.45) is 1.20. The maximum atomic E-state index is 12.0. The van der Waals surface area contributed by atoms with Crippen molar-refractivity contribution in [2.45, 2.75) is 38.9 Å². The molecule has 1 aliphatic rings. The average Bonchev–Trinajstić information content (AvgIpc) is 2.38. The number of hydrogen-bond acceptors (Lipinski definition) is 4. The molecule has 4 atom stereocenters. The van der Waals surface area contributed by atoms with Crippen molar-refractivity contribution < 1.29 is 14.2 Å². The van der Waals surface area contributed by atoms with Crippen LogP contribution in [0.4, 0.5) is 0 Å². The Morgan fingerprint density at radius 1 is 1.78 bits per heavy atom. The van der Waals surface area contributed by atoms with Crippen molar-refractivity contribution in [3.05, 3.63) is 9.66 Å². The second kappa shape index (κ2) is 8.95. The topological polar surface area (TPSA) is 35.5 Å². The lowest BCUT2D eigenvalue weighted by molar-refractivity contribution is -0.142. The molecule has 0 amide bonds. The number of halogens is 1. The van der Waals surface area contributed by atoms with E-state index >= 15 is 0 Å². The molecule has 0 spiro atoms. The zero-order chi connectivity index (χ0) is 13.5. The third-order valence-electron chi connectivity index (χ3n) is 3.18. The molecule has 1 fully saturated rings. The van der Waals surface area contributed by atoms with Crippen LogP contribution in [0, 0.1) is 5.92 Å². The lowest BCUT2D eigenvalue weighted by Crippen LogP contribution is -2.41. The highest BCUT2D eigenvalue weighted by molar-refractivity contribution is 14.1. The molecule has 0 aromatic rings. The highest BCUT2D eigenvalue weighted by Crippen LogP contribution is 2.28. The lowest BCUT2D eigenvalue weighted by atomic mass is 9.88. The van der Waals surface area contributed by atoms with Gasteiger partial charge < -0.3 is 9.39 Å². The molecule has 1 rings (SSSR count). The first-order valence-corrected chi connectivity index (χ1v) is 9.74. The Morgan fingerprint density at radius 2 is 2.50 bits per heavy atom. The molecular formula is C11H19BIO3PS. The normalized spacial score (nSPS) is 30.1. The number of ether oxygens (including phenoxy) is 1. The van der Waals surface area contributed by atoms with Gasteiger partial charge in [-0.2, -0.15) is 12.2 Å². The smallest absolute Gasteiger partial charge is 0.310 e. The molecule has 102 valence electrons. The number of thiol groups is 1. The van der Waals surface area contributed by atoms with Crippen molar-refractivity contribution >= 4 is 55.5 Å². The van der Waals surface area contributed by atoms with Gasteiger partial charge in [-0.05, 0) is 23.0 Å². The summed E-state index contributed by atoms with van der Waals surface area (Å²) < 4.78 is 13.4. The van der Waals surface area contributed by atoms with Gasteiger partial charge in [0.2, 0.25) is 0 Å². The molecule has 0 aromatic carbocycles. The maximum Gasteiger partial charge on any atom is 0.310 e. The number of Topliss-reactive ketones (excluding diaryl/α,β-unsaturated/α-hetero) is 1. The molecular weight excluding hydrogens is 381 g/mol. The minimum absolute atomic E-state index is 0.0224. The van der Waals surface area contributed by atoms with E-state index in [0.29, 0.717) is 33.7 Å². The summed E-state index contributed by atoms with van der Waals surface area (Å²) >= 11 is 6.30. The van der Waals surface area contributed by atoms with Crippen molar-refractivity contribution in [3.63, 3.8) is 0 Å². The molecule has 0 radical (unpaired) electrons. The van der Waals surface area contributed by atoms with E-state index in [0.717, 1.165) is 12.0 Å². The fourth-order valence-corrected chi connectivity index (χ4v) is 2.84. The highest BCUT2D eigenvalue weighted by atomic mass is 127. The van der Waals surface area contributed by atoms with Crippen LogP contribution < -0.4 is 0 Å². The van der Waals surface area contributed by atoms with Crippen molar-refractivity contribution in [2.75, 3.05) is 6.61 Å². The summed E-state index contributed by atoms with van der Waals surface area (Å²) in [6, 6.07) is 0. The van der Waals surface area contributed by atoms with Gasteiger partial charge in [0.1, 0.15) is 5.78 Å². The Bertz CT molecular complexity index is 317. The van der Waals surface area contributed by atoms with Crippen LogP contribution in [0.3, 0.4) is 0 Å². The molecule has 1 saturated heterocycles. The van der Waals surface area contributed by atoms with Gasteiger partial charge in [0.05, 0.1) is 12.2 Å². The van der Waals surface area contributed by atoms with Crippen LogP contribution in [0.25, 0.3) is 0 Å². The van der Waals surface area contributed by atoms with Gasteiger partial charge in [-0.15, -0.1) is 0 Å².